The molecule has 1 aliphatic heterocycles. The minimum atomic E-state index is -4.88. The average Bonchev–Trinajstić information content (AvgIpc) is 3.40. The topological polar surface area (TPSA) is 105 Å². The molecule has 0 unspecified atom stereocenters. The van der Waals surface area contributed by atoms with Crippen LogP contribution in [0.2, 0.25) is 0 Å². The fourth-order valence-corrected chi connectivity index (χ4v) is 2.99. The number of hydrogen-bond donors (Lipinski definition) is 3. The highest BCUT2D eigenvalue weighted by atomic mass is 19.4. The van der Waals surface area contributed by atoms with Crippen LogP contribution in [0.5, 0.6) is 0 Å². The van der Waals surface area contributed by atoms with Crippen LogP contribution >= 0.6 is 0 Å². The molecule has 0 saturated carbocycles. The maximum Gasteiger partial charge on any atom is 0.452 e. The van der Waals surface area contributed by atoms with Crippen LogP contribution in [0.1, 0.15) is 22.7 Å². The Morgan fingerprint density at radius 3 is 2.53 bits per heavy atom. The van der Waals surface area contributed by atoms with E-state index < -0.39 is 23.5 Å². The van der Waals surface area contributed by atoms with Crippen molar-refractivity contribution in [3.8, 4) is 11.5 Å². The van der Waals surface area contributed by atoms with E-state index in [4.69, 9.17) is 4.42 Å². The van der Waals surface area contributed by atoms with Crippen LogP contribution in [0.15, 0.2) is 47.1 Å². The normalized spacial score (nSPS) is 16.4. The molecule has 1 amide bonds. The standard InChI is InChI=1S/C19H17F3N6O2/c20-19(21,22)15-14(28-17(30-15)11-4-2-1-3-5-11)16(29)26-13-9-24-18(25-10-13)27-12-6-7-23-8-12/h1-5,9-10,12,23H,6-8H2,(H,26,29)(H,24,25,27)/t12-/m0/s1. The summed E-state index contributed by atoms with van der Waals surface area (Å²) in [6.45, 7) is 1.69. The molecule has 3 heterocycles. The number of halogens is 3. The number of nitrogens with zero attached hydrogens (tertiary/aromatic N) is 3. The molecular weight excluding hydrogens is 401 g/mol. The summed E-state index contributed by atoms with van der Waals surface area (Å²) in [4.78, 5) is 24.4. The van der Waals surface area contributed by atoms with Gasteiger partial charge in [0.15, 0.2) is 5.69 Å². The first kappa shape index (κ1) is 19.8. The molecule has 1 fully saturated rings. The van der Waals surface area contributed by atoms with E-state index in [1.54, 1.807) is 18.2 Å². The number of hydrogen-bond acceptors (Lipinski definition) is 7. The third-order valence-electron chi connectivity index (χ3n) is 4.42. The van der Waals surface area contributed by atoms with E-state index in [1.165, 1.54) is 24.5 Å². The summed E-state index contributed by atoms with van der Waals surface area (Å²) >= 11 is 0. The van der Waals surface area contributed by atoms with Gasteiger partial charge in [-0.05, 0) is 25.1 Å². The van der Waals surface area contributed by atoms with E-state index in [0.717, 1.165) is 19.5 Å². The van der Waals surface area contributed by atoms with Crippen LogP contribution in [0.3, 0.4) is 0 Å². The van der Waals surface area contributed by atoms with Gasteiger partial charge in [-0.15, -0.1) is 0 Å². The summed E-state index contributed by atoms with van der Waals surface area (Å²) in [6.07, 6.45) is -1.34. The molecule has 1 aromatic carbocycles. The van der Waals surface area contributed by atoms with Crippen LogP contribution < -0.4 is 16.0 Å². The van der Waals surface area contributed by atoms with Crippen LogP contribution in [0.25, 0.3) is 11.5 Å². The highest BCUT2D eigenvalue weighted by Gasteiger charge is 2.42. The van der Waals surface area contributed by atoms with E-state index in [9.17, 15) is 18.0 Å². The zero-order valence-electron chi connectivity index (χ0n) is 15.5. The van der Waals surface area contributed by atoms with Crippen LogP contribution in [-0.4, -0.2) is 40.0 Å². The third-order valence-corrected chi connectivity index (χ3v) is 4.42. The Bertz CT molecular complexity index is 1010. The molecule has 2 aromatic heterocycles. The Morgan fingerprint density at radius 1 is 1.17 bits per heavy atom. The number of anilines is 2. The predicted molar refractivity (Wildman–Crippen MR) is 102 cm³/mol. The van der Waals surface area contributed by atoms with E-state index in [1.807, 2.05) is 0 Å². The molecule has 1 atom stereocenters. The summed E-state index contributed by atoms with van der Waals surface area (Å²) in [6, 6.07) is 8.22. The smallest absolute Gasteiger partial charge is 0.431 e. The molecule has 0 aliphatic carbocycles. The molecule has 156 valence electrons. The van der Waals surface area contributed by atoms with Crippen LogP contribution in [0.4, 0.5) is 24.8 Å². The molecule has 11 heteroatoms. The second-order valence-electron chi connectivity index (χ2n) is 6.64. The minimum Gasteiger partial charge on any atom is -0.431 e. The summed E-state index contributed by atoms with van der Waals surface area (Å²) in [5.41, 5.74) is -0.407. The van der Waals surface area contributed by atoms with Gasteiger partial charge in [0.1, 0.15) is 0 Å². The number of rotatable bonds is 5. The van der Waals surface area contributed by atoms with E-state index in [2.05, 4.69) is 30.9 Å². The van der Waals surface area contributed by atoms with Crippen molar-refractivity contribution < 1.29 is 22.4 Å². The molecule has 0 spiro atoms. The van der Waals surface area contributed by atoms with Crippen molar-refractivity contribution in [2.75, 3.05) is 23.7 Å². The maximum absolute atomic E-state index is 13.4. The van der Waals surface area contributed by atoms with Gasteiger partial charge in [0, 0.05) is 18.2 Å². The van der Waals surface area contributed by atoms with Crippen molar-refractivity contribution in [2.24, 2.45) is 0 Å². The number of carbonyl (C=O) groups excluding carboxylic acids is 1. The fourth-order valence-electron chi connectivity index (χ4n) is 2.99. The SMILES string of the molecule is O=C(Nc1cnc(N[C@H]2CCNC2)nc1)c1nc(-c2ccccc2)oc1C(F)(F)F. The zero-order valence-corrected chi connectivity index (χ0v) is 15.5. The summed E-state index contributed by atoms with van der Waals surface area (Å²) in [5.74, 6) is -2.47. The van der Waals surface area contributed by atoms with Gasteiger partial charge in [-0.3, -0.25) is 4.79 Å². The second kappa shape index (κ2) is 8.11. The third kappa shape index (κ3) is 4.40. The Hall–Kier alpha value is -3.47. The molecule has 8 nitrogen and oxygen atoms in total. The van der Waals surface area contributed by atoms with Crippen molar-refractivity contribution in [3.05, 3.63) is 54.2 Å². The molecule has 3 aromatic rings. The Morgan fingerprint density at radius 2 is 1.90 bits per heavy atom. The molecule has 1 saturated heterocycles. The highest BCUT2D eigenvalue weighted by Crippen LogP contribution is 2.35. The number of benzene rings is 1. The molecule has 1 aliphatic rings. The number of carbonyl (C=O) groups is 1. The van der Waals surface area contributed by atoms with Gasteiger partial charge in [-0.25, -0.2) is 15.0 Å². The van der Waals surface area contributed by atoms with Crippen molar-refractivity contribution >= 4 is 17.5 Å². The highest BCUT2D eigenvalue weighted by molar-refractivity contribution is 6.03. The average molecular weight is 418 g/mol. The van der Waals surface area contributed by atoms with Crippen LogP contribution in [-0.2, 0) is 6.18 Å². The first-order valence-corrected chi connectivity index (χ1v) is 9.14. The van der Waals surface area contributed by atoms with Crippen molar-refractivity contribution in [2.45, 2.75) is 18.6 Å². The fraction of sp³-hybridized carbons (Fsp3) is 0.263. The van der Waals surface area contributed by atoms with E-state index in [-0.39, 0.29) is 17.6 Å². The van der Waals surface area contributed by atoms with E-state index >= 15 is 0 Å². The van der Waals surface area contributed by atoms with Crippen molar-refractivity contribution in [1.82, 2.24) is 20.3 Å². The van der Waals surface area contributed by atoms with Crippen molar-refractivity contribution in [1.29, 1.82) is 0 Å². The molecule has 0 radical (unpaired) electrons. The largest absolute Gasteiger partial charge is 0.452 e. The first-order chi connectivity index (χ1) is 14.4. The zero-order chi connectivity index (χ0) is 21.1. The molecular formula is C19H17F3N6O2. The first-order valence-electron chi connectivity index (χ1n) is 9.14. The summed E-state index contributed by atoms with van der Waals surface area (Å²) in [7, 11) is 0. The van der Waals surface area contributed by atoms with Crippen molar-refractivity contribution in [3.63, 3.8) is 0 Å². The van der Waals surface area contributed by atoms with Gasteiger partial charge in [0.25, 0.3) is 5.91 Å². The number of nitrogens with one attached hydrogen (secondary N) is 3. The minimum absolute atomic E-state index is 0.132. The summed E-state index contributed by atoms with van der Waals surface area (Å²) < 4.78 is 45.0. The lowest BCUT2D eigenvalue weighted by atomic mass is 10.2. The Labute approximate surface area is 168 Å². The lowest BCUT2D eigenvalue weighted by Gasteiger charge is -2.11. The predicted octanol–water partition coefficient (Wildman–Crippen LogP) is 3.18. The number of alkyl halides is 3. The maximum atomic E-state index is 13.4. The molecule has 3 N–H and O–H groups in total. The summed E-state index contributed by atoms with van der Waals surface area (Å²) in [5, 5.41) is 8.66. The van der Waals surface area contributed by atoms with Gasteiger partial charge in [-0.1, -0.05) is 18.2 Å². The van der Waals surface area contributed by atoms with Gasteiger partial charge in [0.2, 0.25) is 17.6 Å². The lowest BCUT2D eigenvalue weighted by Crippen LogP contribution is -2.23. The van der Waals surface area contributed by atoms with Gasteiger partial charge >= 0.3 is 6.18 Å². The van der Waals surface area contributed by atoms with E-state index in [0.29, 0.717) is 11.5 Å². The monoisotopic (exact) mass is 418 g/mol. The van der Waals surface area contributed by atoms with Gasteiger partial charge in [0.05, 0.1) is 18.1 Å². The van der Waals surface area contributed by atoms with Crippen LogP contribution in [0, 0.1) is 0 Å². The molecule has 0 bridgehead atoms. The number of amides is 1. The second-order valence-corrected chi connectivity index (χ2v) is 6.64. The lowest BCUT2D eigenvalue weighted by molar-refractivity contribution is -0.153. The Balaban J connectivity index is 1.53. The quantitative estimate of drug-likeness (QED) is 0.585. The van der Waals surface area contributed by atoms with Gasteiger partial charge < -0.3 is 20.4 Å². The Kier molecular flexibility index (Phi) is 5.36. The van der Waals surface area contributed by atoms with Gasteiger partial charge in [-0.2, -0.15) is 13.2 Å². The number of aromatic nitrogens is 3. The molecule has 30 heavy (non-hydrogen) atoms. The molecule has 4 rings (SSSR count). The number of oxazole rings is 1.